The van der Waals surface area contributed by atoms with E-state index in [4.69, 9.17) is 0 Å². The van der Waals surface area contributed by atoms with Gasteiger partial charge in [-0.05, 0) is 45.4 Å². The maximum absolute atomic E-state index is 11.6. The minimum atomic E-state index is -0.0761. The van der Waals surface area contributed by atoms with E-state index in [-0.39, 0.29) is 35.1 Å². The fourth-order valence-corrected chi connectivity index (χ4v) is 3.03. The minimum absolute atomic E-state index is 0.0761. The molecule has 16 heavy (non-hydrogen) atoms. The maximum atomic E-state index is 11.6. The summed E-state index contributed by atoms with van der Waals surface area (Å²) in [4.78, 5) is 33.8. The second-order valence-corrected chi connectivity index (χ2v) is 5.05. The Balaban J connectivity index is 2.72. The summed E-state index contributed by atoms with van der Waals surface area (Å²) in [6.45, 7) is 4.71. The first-order valence-electron chi connectivity index (χ1n) is 5.91. The summed E-state index contributed by atoms with van der Waals surface area (Å²) in [7, 11) is 0. The second-order valence-electron chi connectivity index (χ2n) is 5.05. The van der Waals surface area contributed by atoms with Crippen molar-refractivity contribution in [2.75, 3.05) is 0 Å². The van der Waals surface area contributed by atoms with Crippen LogP contribution in [0.15, 0.2) is 0 Å². The van der Waals surface area contributed by atoms with Crippen molar-refractivity contribution in [3.8, 4) is 0 Å². The molecular weight excluding hydrogens is 204 g/mol. The van der Waals surface area contributed by atoms with E-state index in [0.29, 0.717) is 12.8 Å². The molecule has 0 bridgehead atoms. The van der Waals surface area contributed by atoms with Crippen molar-refractivity contribution in [3.63, 3.8) is 0 Å². The molecule has 1 fully saturated rings. The Kier molecular flexibility index (Phi) is 4.39. The van der Waals surface area contributed by atoms with E-state index < -0.39 is 0 Å². The van der Waals surface area contributed by atoms with Gasteiger partial charge in [0, 0.05) is 18.8 Å². The van der Waals surface area contributed by atoms with E-state index in [0.717, 1.165) is 12.8 Å². The van der Waals surface area contributed by atoms with Crippen LogP contribution in [0, 0.1) is 17.8 Å². The summed E-state index contributed by atoms with van der Waals surface area (Å²) in [5, 5.41) is 0. The molecule has 1 aliphatic carbocycles. The molecule has 0 saturated heterocycles. The fourth-order valence-electron chi connectivity index (χ4n) is 3.03. The zero-order chi connectivity index (χ0) is 12.3. The molecule has 0 radical (unpaired) electrons. The van der Waals surface area contributed by atoms with Crippen molar-refractivity contribution < 1.29 is 14.4 Å². The van der Waals surface area contributed by atoms with Gasteiger partial charge in [0.2, 0.25) is 0 Å². The number of ketones is 3. The Hall–Kier alpha value is -0.990. The summed E-state index contributed by atoms with van der Waals surface area (Å²) in [6.07, 6.45) is 2.78. The molecule has 1 aliphatic rings. The molecule has 0 aromatic carbocycles. The Morgan fingerprint density at radius 2 is 1.25 bits per heavy atom. The highest BCUT2D eigenvalue weighted by Gasteiger charge is 2.39. The highest BCUT2D eigenvalue weighted by molar-refractivity contribution is 5.83. The Morgan fingerprint density at radius 3 is 1.50 bits per heavy atom. The van der Waals surface area contributed by atoms with Crippen molar-refractivity contribution in [1.82, 2.24) is 0 Å². The lowest BCUT2D eigenvalue weighted by Gasteiger charge is -2.20. The van der Waals surface area contributed by atoms with Crippen LogP contribution in [-0.2, 0) is 14.4 Å². The molecule has 0 aromatic heterocycles. The summed E-state index contributed by atoms with van der Waals surface area (Å²) in [5.41, 5.74) is 0. The van der Waals surface area contributed by atoms with Crippen LogP contribution >= 0.6 is 0 Å². The van der Waals surface area contributed by atoms with Gasteiger partial charge in [-0.2, -0.15) is 0 Å². The van der Waals surface area contributed by atoms with Gasteiger partial charge in [0.1, 0.15) is 17.3 Å². The molecule has 0 spiro atoms. The topological polar surface area (TPSA) is 51.2 Å². The molecule has 3 heteroatoms. The van der Waals surface area contributed by atoms with E-state index in [9.17, 15) is 14.4 Å². The smallest absolute Gasteiger partial charge is 0.133 e. The summed E-state index contributed by atoms with van der Waals surface area (Å²) in [6, 6.07) is 0. The van der Waals surface area contributed by atoms with Crippen LogP contribution in [0.1, 0.15) is 46.5 Å². The minimum Gasteiger partial charge on any atom is -0.300 e. The predicted octanol–water partition coefficient (Wildman–Crippen LogP) is 2.18. The monoisotopic (exact) mass is 224 g/mol. The standard InChI is InChI=1S/C13H20O3/c1-8(14)6-11-4-5-12(7-9(2)15)13(11)10(3)16/h11-13H,4-7H2,1-3H3/t11-,12-/m1/s1. The van der Waals surface area contributed by atoms with E-state index >= 15 is 0 Å². The normalized spacial score (nSPS) is 25.7. The zero-order valence-electron chi connectivity index (χ0n) is 10.3. The van der Waals surface area contributed by atoms with E-state index in [1.165, 1.54) is 0 Å². The average molecular weight is 224 g/mol. The molecule has 0 N–H and O–H groups in total. The van der Waals surface area contributed by atoms with Gasteiger partial charge in [-0.25, -0.2) is 0 Å². The molecule has 0 unspecified atom stereocenters. The van der Waals surface area contributed by atoms with Crippen LogP contribution < -0.4 is 0 Å². The summed E-state index contributed by atoms with van der Waals surface area (Å²) >= 11 is 0. The number of hydrogen-bond donors (Lipinski definition) is 0. The lowest BCUT2D eigenvalue weighted by molar-refractivity contribution is -0.124. The van der Waals surface area contributed by atoms with Gasteiger partial charge in [0.05, 0.1) is 0 Å². The highest BCUT2D eigenvalue weighted by Crippen LogP contribution is 2.41. The SMILES string of the molecule is CC(=O)C[C@H]1CC[C@H](CC(C)=O)C1C(C)=O. The van der Waals surface area contributed by atoms with Crippen molar-refractivity contribution in [1.29, 1.82) is 0 Å². The molecule has 0 aliphatic heterocycles. The molecule has 0 aromatic rings. The Morgan fingerprint density at radius 1 is 0.875 bits per heavy atom. The van der Waals surface area contributed by atoms with Crippen LogP contribution in [0.2, 0.25) is 0 Å². The van der Waals surface area contributed by atoms with E-state index in [2.05, 4.69) is 0 Å². The number of carbonyl (C=O) groups is 3. The molecule has 90 valence electrons. The highest BCUT2D eigenvalue weighted by atomic mass is 16.1. The van der Waals surface area contributed by atoms with Crippen LogP contribution in [0.4, 0.5) is 0 Å². The van der Waals surface area contributed by atoms with Crippen LogP contribution in [0.5, 0.6) is 0 Å². The molecule has 1 saturated carbocycles. The lowest BCUT2D eigenvalue weighted by Crippen LogP contribution is -2.25. The first kappa shape index (κ1) is 13.1. The van der Waals surface area contributed by atoms with Gasteiger partial charge < -0.3 is 9.59 Å². The maximum Gasteiger partial charge on any atom is 0.133 e. The quantitative estimate of drug-likeness (QED) is 0.719. The summed E-state index contributed by atoms with van der Waals surface area (Å²) in [5.74, 6) is 0.668. The van der Waals surface area contributed by atoms with Gasteiger partial charge >= 0.3 is 0 Å². The van der Waals surface area contributed by atoms with Crippen molar-refractivity contribution in [2.24, 2.45) is 17.8 Å². The number of rotatable bonds is 5. The third kappa shape index (κ3) is 3.26. The van der Waals surface area contributed by atoms with Crippen molar-refractivity contribution in [3.05, 3.63) is 0 Å². The first-order valence-corrected chi connectivity index (χ1v) is 5.91. The third-order valence-corrected chi connectivity index (χ3v) is 3.49. The van der Waals surface area contributed by atoms with Crippen LogP contribution in [0.3, 0.4) is 0 Å². The fraction of sp³-hybridized carbons (Fsp3) is 0.769. The van der Waals surface area contributed by atoms with Crippen molar-refractivity contribution >= 4 is 17.3 Å². The van der Waals surface area contributed by atoms with Gasteiger partial charge in [-0.3, -0.25) is 4.79 Å². The Bertz CT molecular complexity index is 282. The van der Waals surface area contributed by atoms with Crippen molar-refractivity contribution in [2.45, 2.75) is 46.5 Å². The third-order valence-electron chi connectivity index (χ3n) is 3.49. The predicted molar refractivity (Wildman–Crippen MR) is 61.0 cm³/mol. The number of hydrogen-bond acceptors (Lipinski definition) is 3. The number of carbonyl (C=O) groups excluding carboxylic acids is 3. The number of Topliss-reactive ketones (excluding diaryl/α,β-unsaturated/α-hetero) is 3. The zero-order valence-corrected chi connectivity index (χ0v) is 10.3. The van der Waals surface area contributed by atoms with Gasteiger partial charge in [0.15, 0.2) is 0 Å². The van der Waals surface area contributed by atoms with Crippen LogP contribution in [0.25, 0.3) is 0 Å². The molecule has 1 rings (SSSR count). The second kappa shape index (κ2) is 5.37. The molecule has 2 atom stereocenters. The van der Waals surface area contributed by atoms with Gasteiger partial charge in [-0.15, -0.1) is 0 Å². The van der Waals surface area contributed by atoms with E-state index in [1.807, 2.05) is 0 Å². The lowest BCUT2D eigenvalue weighted by atomic mass is 9.82. The van der Waals surface area contributed by atoms with Gasteiger partial charge in [0.25, 0.3) is 0 Å². The summed E-state index contributed by atoms with van der Waals surface area (Å²) < 4.78 is 0. The van der Waals surface area contributed by atoms with Crippen LogP contribution in [-0.4, -0.2) is 17.3 Å². The van der Waals surface area contributed by atoms with Gasteiger partial charge in [-0.1, -0.05) is 0 Å². The molecule has 3 nitrogen and oxygen atoms in total. The average Bonchev–Trinajstić information content (AvgIpc) is 2.45. The van der Waals surface area contributed by atoms with E-state index in [1.54, 1.807) is 20.8 Å². The largest absolute Gasteiger partial charge is 0.300 e. The Labute approximate surface area is 96.6 Å². The molecule has 0 heterocycles. The molecular formula is C13H20O3. The molecule has 0 amide bonds. The first-order chi connectivity index (χ1) is 7.41.